The first kappa shape index (κ1) is 23.5. The van der Waals surface area contributed by atoms with Crippen LogP contribution in [0, 0.1) is 0 Å². The molecule has 4 rings (SSSR count). The zero-order chi connectivity index (χ0) is 22.2. The molecule has 0 fully saturated rings. The fraction of sp³-hybridized carbons (Fsp3) is 0.143. The average molecular weight is 495 g/mol. The molecule has 0 aromatic heterocycles. The first-order valence-electron chi connectivity index (χ1n) is 10.8. The largest absolute Gasteiger partial charge is 0.145 e. The van der Waals surface area contributed by atoms with Gasteiger partial charge >= 0.3 is 0 Å². The van der Waals surface area contributed by atoms with Gasteiger partial charge in [0, 0.05) is 0 Å². The van der Waals surface area contributed by atoms with Gasteiger partial charge in [-0.25, -0.2) is 0 Å². The predicted octanol–water partition coefficient (Wildman–Crippen LogP) is 7.16. The fourth-order valence-corrected chi connectivity index (χ4v) is 10.0. The summed E-state index contributed by atoms with van der Waals surface area (Å²) in [5, 5.41) is 5.23. The molecule has 0 saturated carbocycles. The lowest BCUT2D eigenvalue weighted by Gasteiger charge is -2.32. The van der Waals surface area contributed by atoms with Crippen molar-refractivity contribution < 1.29 is 0 Å². The highest BCUT2D eigenvalue weighted by atomic mass is 35.5. The number of halogens is 2. The van der Waals surface area contributed by atoms with Crippen LogP contribution in [0.5, 0.6) is 0 Å². The van der Waals surface area contributed by atoms with Crippen molar-refractivity contribution in [2.75, 3.05) is 6.16 Å². The van der Waals surface area contributed by atoms with Gasteiger partial charge in [0.2, 0.25) is 0 Å². The molecule has 4 heteroatoms. The van der Waals surface area contributed by atoms with Crippen LogP contribution in [0.15, 0.2) is 121 Å². The summed E-state index contributed by atoms with van der Waals surface area (Å²) in [6.45, 7) is 0. The Morgan fingerprint density at radius 1 is 0.500 bits per heavy atom. The molecule has 0 unspecified atom stereocenters. The van der Waals surface area contributed by atoms with Crippen molar-refractivity contribution in [2.24, 2.45) is 0 Å². The van der Waals surface area contributed by atoms with Crippen molar-refractivity contribution in [3.05, 3.63) is 121 Å². The van der Waals surface area contributed by atoms with Crippen LogP contribution in [-0.2, 0) is 0 Å². The highest BCUT2D eigenvalue weighted by molar-refractivity contribution is 7.77. The Bertz CT molecular complexity index is 992. The second kappa shape index (κ2) is 11.4. The normalized spacial score (nSPS) is 11.8. The number of hydrogen-bond donors (Lipinski definition) is 0. The Morgan fingerprint density at radius 2 is 0.844 bits per heavy atom. The zero-order valence-electron chi connectivity index (χ0n) is 17.8. The summed E-state index contributed by atoms with van der Waals surface area (Å²) in [6, 6.07) is 42.6. The van der Waals surface area contributed by atoms with Gasteiger partial charge in [0.1, 0.15) is 4.07 Å². The number of hydrogen-bond acceptors (Lipinski definition) is 0. The van der Waals surface area contributed by atoms with E-state index in [1.54, 1.807) is 0 Å². The predicted molar refractivity (Wildman–Crippen MR) is 147 cm³/mol. The number of rotatable bonds is 9. The third kappa shape index (κ3) is 6.01. The topological polar surface area (TPSA) is 0 Å². The second-order valence-electron chi connectivity index (χ2n) is 7.60. The van der Waals surface area contributed by atoms with E-state index in [2.05, 4.69) is 109 Å². The molecule has 0 amide bonds. The van der Waals surface area contributed by atoms with Crippen LogP contribution in [0.1, 0.15) is 12.8 Å². The van der Waals surface area contributed by atoms with E-state index in [1.165, 1.54) is 21.2 Å². The first-order chi connectivity index (χ1) is 15.6. The summed E-state index contributed by atoms with van der Waals surface area (Å²) in [5.74, 6) is 0. The Balaban J connectivity index is 1.55. The van der Waals surface area contributed by atoms with Gasteiger partial charge in [0.15, 0.2) is 0 Å². The third-order valence-electron chi connectivity index (χ3n) is 5.35. The monoisotopic (exact) mass is 494 g/mol. The molecule has 4 aromatic rings. The van der Waals surface area contributed by atoms with Gasteiger partial charge in [-0.15, -0.1) is 0 Å². The zero-order valence-corrected chi connectivity index (χ0v) is 21.1. The number of benzene rings is 4. The van der Waals surface area contributed by atoms with Crippen LogP contribution >= 0.6 is 39.0 Å². The summed E-state index contributed by atoms with van der Waals surface area (Å²) < 4.78 is -0.827. The lowest BCUT2D eigenvalue weighted by Crippen LogP contribution is -2.25. The van der Waals surface area contributed by atoms with E-state index in [0.29, 0.717) is 0 Å². The molecule has 0 atom stereocenters. The summed E-state index contributed by atoms with van der Waals surface area (Å²) in [5.41, 5.74) is 0. The van der Waals surface area contributed by atoms with Crippen LogP contribution in [-0.4, -0.2) is 10.2 Å². The van der Waals surface area contributed by atoms with Gasteiger partial charge in [-0.1, -0.05) is 145 Å². The molecule has 4 aromatic carbocycles. The second-order valence-corrected chi connectivity index (χ2v) is 14.4. The minimum Gasteiger partial charge on any atom is -0.0958 e. The molecule has 0 saturated heterocycles. The van der Waals surface area contributed by atoms with Crippen LogP contribution in [0.4, 0.5) is 0 Å². The van der Waals surface area contributed by atoms with E-state index in [9.17, 15) is 0 Å². The fourth-order valence-electron chi connectivity index (χ4n) is 3.87. The van der Waals surface area contributed by atoms with Crippen LogP contribution in [0.25, 0.3) is 0 Å². The maximum atomic E-state index is 7.15. The van der Waals surface area contributed by atoms with E-state index in [1.807, 2.05) is 12.1 Å². The smallest absolute Gasteiger partial charge is 0.0958 e. The van der Waals surface area contributed by atoms with Crippen LogP contribution < -0.4 is 21.2 Å². The molecular formula is C28H26Cl2P2. The Hall–Kier alpha value is -1.68. The quantitative estimate of drug-likeness (QED) is 0.171. The Labute approximate surface area is 204 Å². The van der Waals surface area contributed by atoms with E-state index in [0.717, 1.165) is 19.0 Å². The SMILES string of the molecule is ClC(Cl)(CCCP(c1ccccc1)c1ccccc1)P(c1ccccc1)c1ccccc1. The molecule has 0 spiro atoms. The van der Waals surface area contributed by atoms with Crippen molar-refractivity contribution in [3.8, 4) is 0 Å². The van der Waals surface area contributed by atoms with Crippen molar-refractivity contribution in [2.45, 2.75) is 16.9 Å². The van der Waals surface area contributed by atoms with Crippen molar-refractivity contribution in [1.29, 1.82) is 0 Å². The van der Waals surface area contributed by atoms with Crippen molar-refractivity contribution in [3.63, 3.8) is 0 Å². The van der Waals surface area contributed by atoms with E-state index >= 15 is 0 Å². The summed E-state index contributed by atoms with van der Waals surface area (Å²) in [6.07, 6.45) is 2.79. The number of alkyl halides is 2. The average Bonchev–Trinajstić information content (AvgIpc) is 2.84. The molecule has 0 radical (unpaired) electrons. The van der Waals surface area contributed by atoms with E-state index < -0.39 is 19.9 Å². The van der Waals surface area contributed by atoms with Gasteiger partial charge in [0.05, 0.1) is 0 Å². The van der Waals surface area contributed by atoms with Gasteiger partial charge in [-0.3, -0.25) is 0 Å². The molecule has 162 valence electrons. The van der Waals surface area contributed by atoms with Gasteiger partial charge in [-0.2, -0.15) is 0 Å². The molecule has 0 aliphatic rings. The minimum atomic E-state index is -0.895. The minimum absolute atomic E-state index is 0.442. The molecule has 0 aliphatic heterocycles. The third-order valence-corrected chi connectivity index (χ3v) is 11.9. The van der Waals surface area contributed by atoms with Crippen LogP contribution in [0.3, 0.4) is 0 Å². The lowest BCUT2D eigenvalue weighted by molar-refractivity contribution is 0.831. The molecule has 32 heavy (non-hydrogen) atoms. The standard InChI is InChI=1S/C28H26Cl2P2/c29-28(30,32(26-18-9-3-10-19-26)27-20-11-4-12-21-27)22-13-23-31(24-14-5-1-6-15-24)25-16-7-2-8-17-25/h1-12,14-21H,13,22-23H2. The lowest BCUT2D eigenvalue weighted by atomic mass is 10.3. The highest BCUT2D eigenvalue weighted by Crippen LogP contribution is 2.56. The summed E-state index contributed by atoms with van der Waals surface area (Å²) in [4.78, 5) is 0. The Morgan fingerprint density at radius 3 is 1.22 bits per heavy atom. The molecule has 0 heterocycles. The van der Waals surface area contributed by atoms with Gasteiger partial charge in [-0.05, 0) is 56.1 Å². The van der Waals surface area contributed by atoms with E-state index in [4.69, 9.17) is 23.2 Å². The van der Waals surface area contributed by atoms with Crippen LogP contribution in [0.2, 0.25) is 0 Å². The Kier molecular flexibility index (Phi) is 8.40. The van der Waals surface area contributed by atoms with Crippen molar-refractivity contribution in [1.82, 2.24) is 0 Å². The van der Waals surface area contributed by atoms with Crippen molar-refractivity contribution >= 4 is 60.3 Å². The molecule has 0 bridgehead atoms. The molecule has 0 aliphatic carbocycles. The maximum Gasteiger partial charge on any atom is 0.145 e. The maximum absolute atomic E-state index is 7.15. The summed E-state index contributed by atoms with van der Waals surface area (Å²) >= 11 is 14.3. The van der Waals surface area contributed by atoms with Gasteiger partial charge < -0.3 is 0 Å². The van der Waals surface area contributed by atoms with Gasteiger partial charge in [0.25, 0.3) is 0 Å². The summed E-state index contributed by atoms with van der Waals surface area (Å²) in [7, 11) is -1.34. The highest BCUT2D eigenvalue weighted by Gasteiger charge is 2.36. The molecule has 0 nitrogen and oxygen atoms in total. The first-order valence-corrected chi connectivity index (χ1v) is 14.4. The molecular weight excluding hydrogens is 469 g/mol. The molecule has 0 N–H and O–H groups in total. The van der Waals surface area contributed by atoms with E-state index in [-0.39, 0.29) is 0 Å².